The van der Waals surface area contributed by atoms with Crippen LogP contribution in [0.5, 0.6) is 5.75 Å². The molecule has 0 saturated heterocycles. The lowest BCUT2D eigenvalue weighted by molar-refractivity contribution is 0.387. The minimum atomic E-state index is -0.258. The average molecular weight is 274 g/mol. The summed E-state index contributed by atoms with van der Waals surface area (Å²) in [5, 5.41) is 3.38. The molecule has 0 aliphatic carbocycles. The number of ether oxygens (including phenoxy) is 1. The zero-order valence-electron chi connectivity index (χ0n) is 11.9. The molecule has 0 radical (unpaired) electrons. The van der Waals surface area contributed by atoms with Gasteiger partial charge >= 0.3 is 0 Å². The summed E-state index contributed by atoms with van der Waals surface area (Å²) in [4.78, 5) is 4.00. The van der Waals surface area contributed by atoms with Crippen molar-refractivity contribution < 1.29 is 9.13 Å². The van der Waals surface area contributed by atoms with Gasteiger partial charge in [-0.2, -0.15) is 0 Å². The van der Waals surface area contributed by atoms with Crippen LogP contribution in [0.15, 0.2) is 42.7 Å². The number of rotatable bonds is 5. The molecule has 0 aliphatic rings. The Morgan fingerprint density at radius 2 is 1.80 bits per heavy atom. The molecule has 1 aromatic carbocycles. The minimum Gasteiger partial charge on any atom is -0.496 e. The molecule has 1 N–H and O–H groups in total. The topological polar surface area (TPSA) is 34.1 Å². The van der Waals surface area contributed by atoms with Gasteiger partial charge in [-0.1, -0.05) is 6.07 Å². The highest BCUT2D eigenvalue weighted by molar-refractivity contribution is 5.37. The molecule has 1 heterocycles. The van der Waals surface area contributed by atoms with Gasteiger partial charge in [0.2, 0.25) is 0 Å². The van der Waals surface area contributed by atoms with Crippen molar-refractivity contribution in [1.82, 2.24) is 10.3 Å². The molecule has 106 valence electrons. The molecule has 0 fully saturated rings. The standard InChI is InChI=1S/C16H19FN2O/c1-11(13-7-9-18-10-8-13)19-12(2)16-14(17)5-4-6-15(16)20-3/h4-12,19H,1-3H3. The van der Waals surface area contributed by atoms with Crippen molar-refractivity contribution in [2.24, 2.45) is 0 Å². The van der Waals surface area contributed by atoms with Crippen molar-refractivity contribution in [3.63, 3.8) is 0 Å². The van der Waals surface area contributed by atoms with Crippen LogP contribution >= 0.6 is 0 Å². The third-order valence-corrected chi connectivity index (χ3v) is 3.37. The summed E-state index contributed by atoms with van der Waals surface area (Å²) in [6.07, 6.45) is 3.50. The van der Waals surface area contributed by atoms with Gasteiger partial charge in [-0.25, -0.2) is 4.39 Å². The molecule has 20 heavy (non-hydrogen) atoms. The number of hydrogen-bond acceptors (Lipinski definition) is 3. The number of benzene rings is 1. The Balaban J connectivity index is 2.18. The average Bonchev–Trinajstić information content (AvgIpc) is 2.47. The monoisotopic (exact) mass is 274 g/mol. The highest BCUT2D eigenvalue weighted by Gasteiger charge is 2.18. The number of halogens is 1. The first kappa shape index (κ1) is 14.5. The van der Waals surface area contributed by atoms with E-state index in [1.54, 1.807) is 31.6 Å². The van der Waals surface area contributed by atoms with Crippen LogP contribution in [0.3, 0.4) is 0 Å². The lowest BCUT2D eigenvalue weighted by Crippen LogP contribution is -2.23. The fourth-order valence-electron chi connectivity index (χ4n) is 2.32. The molecule has 2 atom stereocenters. The maximum atomic E-state index is 14.0. The van der Waals surface area contributed by atoms with Crippen molar-refractivity contribution in [2.45, 2.75) is 25.9 Å². The first-order valence-corrected chi connectivity index (χ1v) is 6.62. The summed E-state index contributed by atoms with van der Waals surface area (Å²) in [5.74, 6) is 0.304. The lowest BCUT2D eigenvalue weighted by Gasteiger charge is -2.22. The molecule has 0 bridgehead atoms. The van der Waals surface area contributed by atoms with Crippen LogP contribution in [0.4, 0.5) is 4.39 Å². The van der Waals surface area contributed by atoms with Crippen LogP contribution in [0.2, 0.25) is 0 Å². The summed E-state index contributed by atoms with van der Waals surface area (Å²) in [6.45, 7) is 3.97. The molecule has 2 aromatic rings. The first-order chi connectivity index (χ1) is 9.63. The normalized spacial score (nSPS) is 13.8. The van der Waals surface area contributed by atoms with Gasteiger partial charge in [0, 0.05) is 30.0 Å². The molecule has 0 saturated carbocycles. The molecule has 2 rings (SSSR count). The second-order valence-corrected chi connectivity index (χ2v) is 4.75. The van der Waals surface area contributed by atoms with E-state index in [0.29, 0.717) is 11.3 Å². The number of nitrogens with zero attached hydrogens (tertiary/aromatic N) is 1. The molecular weight excluding hydrogens is 255 g/mol. The van der Waals surface area contributed by atoms with Gasteiger partial charge in [0.05, 0.1) is 7.11 Å². The van der Waals surface area contributed by atoms with E-state index in [2.05, 4.69) is 10.3 Å². The van der Waals surface area contributed by atoms with Crippen LogP contribution < -0.4 is 10.1 Å². The first-order valence-electron chi connectivity index (χ1n) is 6.62. The van der Waals surface area contributed by atoms with Crippen molar-refractivity contribution in [2.75, 3.05) is 7.11 Å². The smallest absolute Gasteiger partial charge is 0.131 e. The summed E-state index contributed by atoms with van der Waals surface area (Å²) in [5.41, 5.74) is 1.66. The zero-order valence-corrected chi connectivity index (χ0v) is 11.9. The zero-order chi connectivity index (χ0) is 14.5. The lowest BCUT2D eigenvalue weighted by atomic mass is 10.0. The van der Waals surface area contributed by atoms with Gasteiger partial charge in [-0.3, -0.25) is 4.98 Å². The molecule has 1 aromatic heterocycles. The van der Waals surface area contributed by atoms with Gasteiger partial charge in [0.1, 0.15) is 11.6 Å². The van der Waals surface area contributed by atoms with Crippen LogP contribution in [0.25, 0.3) is 0 Å². The SMILES string of the molecule is COc1cccc(F)c1C(C)NC(C)c1ccncc1. The van der Waals surface area contributed by atoms with E-state index in [9.17, 15) is 4.39 Å². The second-order valence-electron chi connectivity index (χ2n) is 4.75. The van der Waals surface area contributed by atoms with E-state index in [1.165, 1.54) is 6.07 Å². The van der Waals surface area contributed by atoms with E-state index in [0.717, 1.165) is 5.56 Å². The molecular formula is C16H19FN2O. The van der Waals surface area contributed by atoms with Crippen molar-refractivity contribution >= 4 is 0 Å². The van der Waals surface area contributed by atoms with Crippen LogP contribution in [-0.2, 0) is 0 Å². The maximum Gasteiger partial charge on any atom is 0.131 e. The molecule has 0 aliphatic heterocycles. The van der Waals surface area contributed by atoms with E-state index in [1.807, 2.05) is 26.0 Å². The van der Waals surface area contributed by atoms with E-state index in [4.69, 9.17) is 4.74 Å². The molecule has 3 nitrogen and oxygen atoms in total. The second kappa shape index (κ2) is 6.48. The predicted octanol–water partition coefficient (Wildman–Crippen LogP) is 3.64. The number of nitrogens with one attached hydrogen (secondary N) is 1. The number of hydrogen-bond donors (Lipinski definition) is 1. The van der Waals surface area contributed by atoms with Crippen molar-refractivity contribution in [3.05, 3.63) is 59.7 Å². The van der Waals surface area contributed by atoms with Crippen LogP contribution in [0, 0.1) is 5.82 Å². The molecule has 2 unspecified atom stereocenters. The van der Waals surface area contributed by atoms with E-state index < -0.39 is 0 Å². The van der Waals surface area contributed by atoms with Crippen LogP contribution in [-0.4, -0.2) is 12.1 Å². The van der Waals surface area contributed by atoms with Gasteiger partial charge in [0.15, 0.2) is 0 Å². The Kier molecular flexibility index (Phi) is 4.69. The minimum absolute atomic E-state index is 0.0947. The fraction of sp³-hybridized carbons (Fsp3) is 0.312. The van der Waals surface area contributed by atoms with Gasteiger partial charge in [-0.15, -0.1) is 0 Å². The third kappa shape index (κ3) is 3.14. The summed E-state index contributed by atoms with van der Waals surface area (Å²) >= 11 is 0. The maximum absolute atomic E-state index is 14.0. The Hall–Kier alpha value is -1.94. The molecule has 4 heteroatoms. The number of methoxy groups -OCH3 is 1. The van der Waals surface area contributed by atoms with Gasteiger partial charge in [-0.05, 0) is 43.7 Å². The predicted molar refractivity (Wildman–Crippen MR) is 77.2 cm³/mol. The van der Waals surface area contributed by atoms with Gasteiger partial charge < -0.3 is 10.1 Å². The molecule has 0 amide bonds. The highest BCUT2D eigenvalue weighted by Crippen LogP contribution is 2.29. The Bertz CT molecular complexity index is 560. The Labute approximate surface area is 118 Å². The van der Waals surface area contributed by atoms with Crippen LogP contribution in [0.1, 0.15) is 37.1 Å². The van der Waals surface area contributed by atoms with Crippen molar-refractivity contribution in [3.8, 4) is 5.75 Å². The van der Waals surface area contributed by atoms with E-state index in [-0.39, 0.29) is 17.9 Å². The summed E-state index contributed by atoms with van der Waals surface area (Å²) < 4.78 is 19.3. The Morgan fingerprint density at radius 3 is 2.45 bits per heavy atom. The quantitative estimate of drug-likeness (QED) is 0.903. The van der Waals surface area contributed by atoms with Gasteiger partial charge in [0.25, 0.3) is 0 Å². The summed E-state index contributed by atoms with van der Waals surface area (Å²) in [6, 6.07) is 8.70. The number of pyridine rings is 1. The van der Waals surface area contributed by atoms with E-state index >= 15 is 0 Å². The molecule has 0 spiro atoms. The fourth-order valence-corrected chi connectivity index (χ4v) is 2.32. The third-order valence-electron chi connectivity index (χ3n) is 3.37. The summed E-state index contributed by atoms with van der Waals surface area (Å²) in [7, 11) is 1.55. The Morgan fingerprint density at radius 1 is 1.10 bits per heavy atom. The highest BCUT2D eigenvalue weighted by atomic mass is 19.1. The van der Waals surface area contributed by atoms with Crippen molar-refractivity contribution in [1.29, 1.82) is 0 Å². The largest absolute Gasteiger partial charge is 0.496 e. The number of aromatic nitrogens is 1.